The summed E-state index contributed by atoms with van der Waals surface area (Å²) in [6, 6.07) is 3.00. The average Bonchev–Trinajstić information content (AvgIpc) is 1.94. The molecule has 1 rings (SSSR count). The predicted octanol–water partition coefficient (Wildman–Crippen LogP) is 1.40. The van der Waals surface area contributed by atoms with Crippen molar-refractivity contribution in [3.63, 3.8) is 0 Å². The second kappa shape index (κ2) is 2.44. The largest absolute Gasteiger partial charge is 0.257 e. The van der Waals surface area contributed by atoms with Gasteiger partial charge in [0.25, 0.3) is 0 Å². The number of nitriles is 1. The fraction of sp³-hybridized carbons (Fsp3) is 0.143. The van der Waals surface area contributed by atoms with Gasteiger partial charge in [-0.1, -0.05) is 0 Å². The lowest BCUT2D eigenvalue weighted by molar-refractivity contribution is 0.619. The average molecular weight is 136 g/mol. The molecule has 0 saturated heterocycles. The molecule has 0 N–H and O–H groups in total. The van der Waals surface area contributed by atoms with Gasteiger partial charge in [0.1, 0.15) is 11.9 Å². The lowest BCUT2D eigenvalue weighted by Gasteiger charge is -1.92. The Morgan fingerprint density at radius 1 is 1.70 bits per heavy atom. The van der Waals surface area contributed by atoms with E-state index in [2.05, 4.69) is 4.98 Å². The van der Waals surface area contributed by atoms with Gasteiger partial charge in [-0.05, 0) is 13.0 Å². The molecule has 50 valence electrons. The van der Waals surface area contributed by atoms with Crippen molar-refractivity contribution in [1.29, 1.82) is 5.26 Å². The van der Waals surface area contributed by atoms with Crippen LogP contribution in [0.4, 0.5) is 4.39 Å². The molecular weight excluding hydrogens is 131 g/mol. The van der Waals surface area contributed by atoms with Crippen molar-refractivity contribution in [3.05, 3.63) is 29.3 Å². The van der Waals surface area contributed by atoms with E-state index in [1.54, 1.807) is 6.92 Å². The number of aryl methyl sites for hydroxylation is 1. The summed E-state index contributed by atoms with van der Waals surface area (Å²) in [4.78, 5) is 3.65. The Balaban J connectivity index is 3.25. The molecule has 0 spiro atoms. The van der Waals surface area contributed by atoms with Crippen LogP contribution in [-0.4, -0.2) is 4.98 Å². The van der Waals surface area contributed by atoms with Gasteiger partial charge in [0.15, 0.2) is 0 Å². The van der Waals surface area contributed by atoms with Crippen LogP contribution >= 0.6 is 0 Å². The molecule has 1 aromatic heterocycles. The Morgan fingerprint density at radius 3 is 2.90 bits per heavy atom. The van der Waals surface area contributed by atoms with E-state index in [9.17, 15) is 4.39 Å². The molecule has 0 atom stereocenters. The van der Waals surface area contributed by atoms with Crippen LogP contribution in [0.25, 0.3) is 0 Å². The molecule has 1 heterocycles. The van der Waals surface area contributed by atoms with Crippen molar-refractivity contribution in [1.82, 2.24) is 4.98 Å². The second-order valence-corrected chi connectivity index (χ2v) is 1.90. The van der Waals surface area contributed by atoms with Gasteiger partial charge < -0.3 is 0 Å². The van der Waals surface area contributed by atoms with Crippen molar-refractivity contribution >= 4 is 0 Å². The molecule has 3 heteroatoms. The molecule has 2 nitrogen and oxygen atoms in total. The smallest absolute Gasteiger partial charge is 0.142 e. The SMILES string of the molecule is Cc1ncc(F)cc1C#N. The minimum absolute atomic E-state index is 0.292. The summed E-state index contributed by atoms with van der Waals surface area (Å²) in [6.07, 6.45) is 1.09. The lowest BCUT2D eigenvalue weighted by atomic mass is 10.2. The van der Waals surface area contributed by atoms with E-state index in [-0.39, 0.29) is 0 Å². The highest BCUT2D eigenvalue weighted by molar-refractivity contribution is 5.31. The van der Waals surface area contributed by atoms with E-state index < -0.39 is 5.82 Å². The van der Waals surface area contributed by atoms with Crippen LogP contribution in [0.3, 0.4) is 0 Å². The minimum Gasteiger partial charge on any atom is -0.257 e. The van der Waals surface area contributed by atoms with Crippen molar-refractivity contribution < 1.29 is 4.39 Å². The highest BCUT2D eigenvalue weighted by atomic mass is 19.1. The van der Waals surface area contributed by atoms with Crippen LogP contribution in [0.1, 0.15) is 11.3 Å². The Labute approximate surface area is 57.9 Å². The zero-order chi connectivity index (χ0) is 7.56. The Bertz CT molecular complexity index is 288. The van der Waals surface area contributed by atoms with Gasteiger partial charge in [-0.2, -0.15) is 5.26 Å². The molecule has 0 aliphatic carbocycles. The third kappa shape index (κ3) is 1.11. The quantitative estimate of drug-likeness (QED) is 0.540. The van der Waals surface area contributed by atoms with Crippen molar-refractivity contribution in [2.45, 2.75) is 6.92 Å². The van der Waals surface area contributed by atoms with E-state index in [1.165, 1.54) is 6.07 Å². The van der Waals surface area contributed by atoms with E-state index >= 15 is 0 Å². The van der Waals surface area contributed by atoms with Crippen LogP contribution in [-0.2, 0) is 0 Å². The first-order valence-corrected chi connectivity index (χ1v) is 2.76. The molecule has 0 amide bonds. The van der Waals surface area contributed by atoms with E-state index in [4.69, 9.17) is 5.26 Å². The number of aromatic nitrogens is 1. The summed E-state index contributed by atoms with van der Waals surface area (Å²) in [6.45, 7) is 1.66. The Hall–Kier alpha value is -1.43. The molecule has 0 aliphatic heterocycles. The fourth-order valence-corrected chi connectivity index (χ4v) is 0.621. The maximum atomic E-state index is 12.3. The molecule has 10 heavy (non-hydrogen) atoms. The van der Waals surface area contributed by atoms with Gasteiger partial charge in [0.2, 0.25) is 0 Å². The number of pyridine rings is 1. The lowest BCUT2D eigenvalue weighted by Crippen LogP contribution is -1.88. The minimum atomic E-state index is -0.470. The predicted molar refractivity (Wildman–Crippen MR) is 33.6 cm³/mol. The second-order valence-electron chi connectivity index (χ2n) is 1.90. The van der Waals surface area contributed by atoms with Gasteiger partial charge in [0.05, 0.1) is 17.5 Å². The van der Waals surface area contributed by atoms with Crippen LogP contribution in [0.2, 0.25) is 0 Å². The summed E-state index contributed by atoms with van der Waals surface area (Å²) in [5, 5.41) is 8.39. The molecule has 0 aromatic carbocycles. The van der Waals surface area contributed by atoms with E-state index in [1.807, 2.05) is 6.07 Å². The monoisotopic (exact) mass is 136 g/mol. The molecular formula is C7H5FN2. The Kier molecular flexibility index (Phi) is 1.63. The third-order valence-electron chi connectivity index (χ3n) is 1.17. The summed E-state index contributed by atoms with van der Waals surface area (Å²) in [5.74, 6) is -0.470. The highest BCUT2D eigenvalue weighted by Gasteiger charge is 1.98. The van der Waals surface area contributed by atoms with Crippen LogP contribution in [0.5, 0.6) is 0 Å². The first kappa shape index (κ1) is 6.69. The summed E-state index contributed by atoms with van der Waals surface area (Å²) >= 11 is 0. The summed E-state index contributed by atoms with van der Waals surface area (Å²) < 4.78 is 12.3. The summed E-state index contributed by atoms with van der Waals surface area (Å²) in [7, 11) is 0. The molecule has 1 aromatic rings. The molecule has 0 bridgehead atoms. The highest BCUT2D eigenvalue weighted by Crippen LogP contribution is 2.03. The molecule has 0 radical (unpaired) electrons. The zero-order valence-electron chi connectivity index (χ0n) is 5.43. The van der Waals surface area contributed by atoms with E-state index in [0.717, 1.165) is 6.20 Å². The molecule has 0 unspecified atom stereocenters. The maximum absolute atomic E-state index is 12.3. The standard InChI is InChI=1S/C7H5FN2/c1-5-6(3-9)2-7(8)4-10-5/h2,4H,1H3. The maximum Gasteiger partial charge on any atom is 0.142 e. The molecule has 0 aliphatic rings. The van der Waals surface area contributed by atoms with Gasteiger partial charge in [0, 0.05) is 0 Å². The van der Waals surface area contributed by atoms with E-state index in [0.29, 0.717) is 11.3 Å². The van der Waals surface area contributed by atoms with Crippen LogP contribution < -0.4 is 0 Å². The van der Waals surface area contributed by atoms with Crippen molar-refractivity contribution in [2.24, 2.45) is 0 Å². The first-order valence-electron chi connectivity index (χ1n) is 2.76. The van der Waals surface area contributed by atoms with Gasteiger partial charge >= 0.3 is 0 Å². The van der Waals surface area contributed by atoms with Crippen molar-refractivity contribution in [2.75, 3.05) is 0 Å². The topological polar surface area (TPSA) is 36.7 Å². The number of hydrogen-bond donors (Lipinski definition) is 0. The molecule has 0 saturated carbocycles. The first-order chi connectivity index (χ1) is 4.74. The number of hydrogen-bond acceptors (Lipinski definition) is 2. The number of halogens is 1. The fourth-order valence-electron chi connectivity index (χ4n) is 0.621. The number of rotatable bonds is 0. The normalized spacial score (nSPS) is 8.90. The van der Waals surface area contributed by atoms with Gasteiger partial charge in [-0.15, -0.1) is 0 Å². The zero-order valence-corrected chi connectivity index (χ0v) is 5.43. The number of nitrogens with zero attached hydrogens (tertiary/aromatic N) is 2. The van der Waals surface area contributed by atoms with Crippen LogP contribution in [0, 0.1) is 24.1 Å². The van der Waals surface area contributed by atoms with Crippen molar-refractivity contribution in [3.8, 4) is 6.07 Å². The Morgan fingerprint density at radius 2 is 2.40 bits per heavy atom. The third-order valence-corrected chi connectivity index (χ3v) is 1.17. The summed E-state index contributed by atoms with van der Waals surface area (Å²) in [5.41, 5.74) is 0.851. The van der Waals surface area contributed by atoms with Gasteiger partial charge in [-0.3, -0.25) is 4.98 Å². The molecule has 0 fully saturated rings. The van der Waals surface area contributed by atoms with Gasteiger partial charge in [-0.25, -0.2) is 4.39 Å². The van der Waals surface area contributed by atoms with Crippen LogP contribution in [0.15, 0.2) is 12.3 Å².